The van der Waals surface area contributed by atoms with Crippen LogP contribution in [-0.4, -0.2) is 29.5 Å². The predicted molar refractivity (Wildman–Crippen MR) is 189 cm³/mol. The summed E-state index contributed by atoms with van der Waals surface area (Å²) >= 11 is 0. The van der Waals surface area contributed by atoms with Crippen LogP contribution in [-0.2, 0) is 19.1 Å². The van der Waals surface area contributed by atoms with Gasteiger partial charge in [0, 0.05) is 18.4 Å². The number of carbonyl (C=O) groups is 3. The Morgan fingerprint density at radius 2 is 1.47 bits per heavy atom. The molecule has 1 rings (SSSR count). The fourth-order valence-electron chi connectivity index (χ4n) is 3.73. The highest BCUT2D eigenvalue weighted by Crippen LogP contribution is 2.47. The van der Waals surface area contributed by atoms with Crippen molar-refractivity contribution in [3.05, 3.63) is 49.9 Å². The number of Topliss-reactive ketones (excluding diaryl/α,β-unsaturated/α-hetero) is 2. The van der Waals surface area contributed by atoms with Crippen LogP contribution in [0.15, 0.2) is 49.9 Å². The van der Waals surface area contributed by atoms with Crippen molar-refractivity contribution >= 4 is 17.9 Å². The van der Waals surface area contributed by atoms with Gasteiger partial charge in [0.05, 0.1) is 0 Å². The van der Waals surface area contributed by atoms with E-state index in [0.717, 1.165) is 44.0 Å². The van der Waals surface area contributed by atoms with E-state index in [-0.39, 0.29) is 28.5 Å². The fraction of sp³-hybridized carbons (Fsp3) is 0.711. The summed E-state index contributed by atoms with van der Waals surface area (Å²) in [5.74, 6) is 2.47. The topological polar surface area (TPSA) is 72.5 Å². The van der Waals surface area contributed by atoms with Gasteiger partial charge in [0.1, 0.15) is 17.7 Å². The van der Waals surface area contributed by atoms with Crippen LogP contribution in [0, 0.1) is 29.1 Å². The monoisotopic (exact) mass is 606 g/mol. The molecule has 0 heterocycles. The third-order valence-corrected chi connectivity index (χ3v) is 7.14. The molecule has 0 aromatic carbocycles. The van der Waals surface area contributed by atoms with Gasteiger partial charge in [-0.3, -0.25) is 9.59 Å². The minimum Gasteiger partial charge on any atom is -0.474 e. The fourth-order valence-corrected chi connectivity index (χ4v) is 3.73. The Labute approximate surface area is 268 Å². The first-order valence-corrected chi connectivity index (χ1v) is 16.2. The second kappa shape index (κ2) is 26.0. The van der Waals surface area contributed by atoms with E-state index in [1.54, 1.807) is 13.8 Å². The highest BCUT2D eigenvalue weighted by Gasteiger charge is 2.42. The molecule has 5 unspecified atom stereocenters. The SMILES string of the molecule is C=C(NC(C)C(C)(C)C)OC(C)(C)C.C=CCC.C=CCCC(C)C(=C)C(C)=O.CC.CCC1CC1C(CC=O)C(C)=O. The Morgan fingerprint density at radius 3 is 1.74 bits per heavy atom. The summed E-state index contributed by atoms with van der Waals surface area (Å²) in [5.41, 5.74) is 0.762. The third kappa shape index (κ3) is 28.1. The van der Waals surface area contributed by atoms with Crippen molar-refractivity contribution in [1.82, 2.24) is 5.32 Å². The molecule has 0 saturated heterocycles. The molecular formula is C38H71NO4. The molecule has 1 aliphatic rings. The van der Waals surface area contributed by atoms with Gasteiger partial charge in [-0.05, 0) is 103 Å². The molecule has 252 valence electrons. The summed E-state index contributed by atoms with van der Waals surface area (Å²) in [6.07, 6.45) is 10.3. The maximum Gasteiger partial charge on any atom is 0.180 e. The first kappa shape index (κ1) is 47.5. The maximum atomic E-state index is 11.1. The summed E-state index contributed by atoms with van der Waals surface area (Å²) in [4.78, 5) is 32.2. The van der Waals surface area contributed by atoms with E-state index in [0.29, 0.717) is 36.1 Å². The largest absolute Gasteiger partial charge is 0.474 e. The molecule has 1 N–H and O–H groups in total. The number of hydrogen-bond donors (Lipinski definition) is 1. The van der Waals surface area contributed by atoms with E-state index < -0.39 is 0 Å². The number of hydrogen-bond acceptors (Lipinski definition) is 5. The Balaban J connectivity index is -0.000000244. The molecule has 0 aromatic rings. The van der Waals surface area contributed by atoms with E-state index >= 15 is 0 Å². The lowest BCUT2D eigenvalue weighted by Gasteiger charge is -2.32. The highest BCUT2D eigenvalue weighted by atomic mass is 16.5. The Morgan fingerprint density at radius 1 is 0.977 bits per heavy atom. The number of carbonyl (C=O) groups excluding carboxylic acids is 3. The molecule has 0 spiro atoms. The van der Waals surface area contributed by atoms with Gasteiger partial charge in [0.25, 0.3) is 0 Å². The maximum absolute atomic E-state index is 11.1. The van der Waals surface area contributed by atoms with Crippen molar-refractivity contribution in [1.29, 1.82) is 0 Å². The molecule has 5 atom stereocenters. The van der Waals surface area contributed by atoms with Gasteiger partial charge in [-0.25, -0.2) is 0 Å². The second-order valence-corrected chi connectivity index (χ2v) is 13.1. The van der Waals surface area contributed by atoms with E-state index in [4.69, 9.17) is 4.74 Å². The quantitative estimate of drug-likeness (QED) is 0.0923. The summed E-state index contributed by atoms with van der Waals surface area (Å²) in [5, 5.41) is 3.26. The van der Waals surface area contributed by atoms with E-state index in [1.165, 1.54) is 0 Å². The van der Waals surface area contributed by atoms with Crippen LogP contribution in [0.5, 0.6) is 0 Å². The zero-order chi connectivity index (χ0) is 35.0. The van der Waals surface area contributed by atoms with E-state index in [2.05, 4.69) is 73.2 Å². The highest BCUT2D eigenvalue weighted by molar-refractivity contribution is 5.92. The van der Waals surface area contributed by atoms with Crippen molar-refractivity contribution in [2.45, 2.75) is 147 Å². The van der Waals surface area contributed by atoms with E-state index in [1.807, 2.05) is 53.7 Å². The third-order valence-electron chi connectivity index (χ3n) is 7.14. The smallest absolute Gasteiger partial charge is 0.180 e. The van der Waals surface area contributed by atoms with Crippen molar-refractivity contribution in [2.75, 3.05) is 0 Å². The first-order valence-electron chi connectivity index (χ1n) is 16.2. The molecule has 5 nitrogen and oxygen atoms in total. The zero-order valence-corrected chi connectivity index (χ0v) is 30.8. The van der Waals surface area contributed by atoms with Crippen LogP contribution in [0.25, 0.3) is 0 Å². The number of ketones is 2. The summed E-state index contributed by atoms with van der Waals surface area (Å²) in [7, 11) is 0. The van der Waals surface area contributed by atoms with Gasteiger partial charge in [0.2, 0.25) is 0 Å². The molecule has 0 bridgehead atoms. The van der Waals surface area contributed by atoms with Crippen LogP contribution in [0.2, 0.25) is 0 Å². The van der Waals surface area contributed by atoms with Crippen LogP contribution < -0.4 is 5.32 Å². The zero-order valence-electron chi connectivity index (χ0n) is 30.8. The molecule has 0 radical (unpaired) electrons. The Kier molecular flexibility index (Phi) is 28.7. The molecule has 43 heavy (non-hydrogen) atoms. The summed E-state index contributed by atoms with van der Waals surface area (Å²) < 4.78 is 5.60. The van der Waals surface area contributed by atoms with Crippen LogP contribution in [0.1, 0.15) is 135 Å². The van der Waals surface area contributed by atoms with Gasteiger partial charge < -0.3 is 14.8 Å². The first-order chi connectivity index (χ1) is 19.7. The molecule has 5 heteroatoms. The normalized spacial score (nSPS) is 16.9. The number of rotatable bonds is 14. The number of allylic oxidation sites excluding steroid dienone is 3. The van der Waals surface area contributed by atoms with Crippen LogP contribution in [0.4, 0.5) is 0 Å². The summed E-state index contributed by atoms with van der Waals surface area (Å²) in [6, 6.07) is 0.345. The molecule has 1 saturated carbocycles. The average molecular weight is 606 g/mol. The molecule has 0 aromatic heterocycles. The minimum absolute atomic E-state index is 0.0208. The van der Waals surface area contributed by atoms with Crippen molar-refractivity contribution in [3.8, 4) is 0 Å². The van der Waals surface area contributed by atoms with Crippen molar-refractivity contribution in [3.63, 3.8) is 0 Å². The van der Waals surface area contributed by atoms with Crippen molar-refractivity contribution in [2.24, 2.45) is 29.1 Å². The van der Waals surface area contributed by atoms with Crippen molar-refractivity contribution < 1.29 is 19.1 Å². The number of nitrogens with one attached hydrogen (secondary N) is 1. The van der Waals surface area contributed by atoms with E-state index in [9.17, 15) is 14.4 Å². The molecule has 1 aliphatic carbocycles. The Bertz CT molecular complexity index is 813. The molecule has 0 amide bonds. The lowest BCUT2D eigenvalue weighted by molar-refractivity contribution is -0.123. The van der Waals surface area contributed by atoms with Crippen LogP contribution >= 0.6 is 0 Å². The second-order valence-electron chi connectivity index (χ2n) is 13.1. The lowest BCUT2D eigenvalue weighted by Crippen LogP contribution is -2.39. The van der Waals surface area contributed by atoms with Gasteiger partial charge in [-0.15, -0.1) is 13.2 Å². The number of ether oxygens (including phenoxy) is 1. The molecule has 0 aliphatic heterocycles. The lowest BCUT2D eigenvalue weighted by atomic mass is 9.88. The minimum atomic E-state index is -0.179. The molecular weight excluding hydrogens is 534 g/mol. The Hall–Kier alpha value is -2.43. The average Bonchev–Trinajstić information content (AvgIpc) is 3.69. The number of aldehydes is 1. The predicted octanol–water partition coefficient (Wildman–Crippen LogP) is 10.5. The standard InChI is InChI=1S/C12H25NO.C10H16O2.C10H16O.C4H8.C2H6/c1-9(11(3,4)5)13-10(2)14-12(6,7)8;1-3-8-6-10(8)9(4-5-11)7(2)12;1-5-6-7-8(2)9(3)10(4)11;1-3-4-2;1-2/h9,13H,2H2,1,3-8H3;5,8-10H,3-4,6H2,1-2H3;5,8H,1,3,6-7H2,2,4H3;3H,1,4H2,2H3;1-2H3. The van der Waals surface area contributed by atoms with Crippen LogP contribution in [0.3, 0.4) is 0 Å². The van der Waals surface area contributed by atoms with Gasteiger partial charge in [-0.2, -0.15) is 0 Å². The van der Waals surface area contributed by atoms with Gasteiger partial charge >= 0.3 is 0 Å². The molecule has 1 fully saturated rings. The van der Waals surface area contributed by atoms with Gasteiger partial charge in [0.15, 0.2) is 11.7 Å². The van der Waals surface area contributed by atoms with Gasteiger partial charge in [-0.1, -0.05) is 80.5 Å². The summed E-state index contributed by atoms with van der Waals surface area (Å²) in [6.45, 7) is 42.8.